The fraction of sp³-hybridized carbons (Fsp3) is 0.412. The smallest absolute Gasteiger partial charge is 0.249 e. The predicted molar refractivity (Wildman–Crippen MR) is 89.9 cm³/mol. The lowest BCUT2D eigenvalue weighted by atomic mass is 9.92. The minimum absolute atomic E-state index is 0.235. The van der Waals surface area contributed by atoms with Crippen molar-refractivity contribution in [3.63, 3.8) is 0 Å². The molecule has 1 aromatic heterocycles. The number of nitrogens with one attached hydrogen (secondary N) is 1. The molecular weight excluding hydrogens is 308 g/mol. The molecule has 0 bridgehead atoms. The van der Waals surface area contributed by atoms with Crippen LogP contribution < -0.4 is 15.8 Å². The maximum Gasteiger partial charge on any atom is 0.249 e. The molecule has 24 heavy (non-hydrogen) atoms. The maximum absolute atomic E-state index is 12.8. The Labute approximate surface area is 140 Å². The first-order valence-corrected chi connectivity index (χ1v) is 7.86. The Kier molecular flexibility index (Phi) is 4.55. The first kappa shape index (κ1) is 16.5. The molecule has 128 valence electrons. The van der Waals surface area contributed by atoms with Gasteiger partial charge in [-0.15, -0.1) is 0 Å². The highest BCUT2D eigenvalue weighted by atomic mass is 16.5. The number of fused-ring (bicyclic) bond motifs is 1. The third-order valence-corrected chi connectivity index (χ3v) is 4.42. The molecule has 3 N–H and O–H groups in total. The number of methoxy groups -OCH3 is 2. The van der Waals surface area contributed by atoms with Gasteiger partial charge in [-0.3, -0.25) is 9.48 Å². The molecule has 0 aliphatic heterocycles. The Morgan fingerprint density at radius 3 is 3.04 bits per heavy atom. The lowest BCUT2D eigenvalue weighted by Crippen LogP contribution is -2.46. The third-order valence-electron chi connectivity index (χ3n) is 4.42. The van der Waals surface area contributed by atoms with Gasteiger partial charge in [-0.25, -0.2) is 0 Å². The second kappa shape index (κ2) is 6.62. The summed E-state index contributed by atoms with van der Waals surface area (Å²) < 4.78 is 12.1. The molecule has 1 unspecified atom stereocenters. The topological polar surface area (TPSA) is 91.4 Å². The highest BCUT2D eigenvalue weighted by Crippen LogP contribution is 2.40. The fourth-order valence-corrected chi connectivity index (χ4v) is 3.10. The van der Waals surface area contributed by atoms with Crippen molar-refractivity contribution in [3.05, 3.63) is 41.7 Å². The van der Waals surface area contributed by atoms with Crippen molar-refractivity contribution in [3.8, 4) is 5.75 Å². The SMILES string of the molecule is COCCn1cc(NC(=O)C2(N)CCc3c(OC)cccc32)cn1. The van der Waals surface area contributed by atoms with Crippen LogP contribution in [-0.4, -0.2) is 36.5 Å². The van der Waals surface area contributed by atoms with Gasteiger partial charge < -0.3 is 20.5 Å². The Balaban J connectivity index is 1.78. The van der Waals surface area contributed by atoms with Crippen LogP contribution in [0.2, 0.25) is 0 Å². The minimum atomic E-state index is -1.06. The van der Waals surface area contributed by atoms with Crippen LogP contribution in [0, 0.1) is 0 Å². The number of hydrogen-bond donors (Lipinski definition) is 2. The molecule has 7 heteroatoms. The Morgan fingerprint density at radius 1 is 1.46 bits per heavy atom. The Morgan fingerprint density at radius 2 is 2.29 bits per heavy atom. The molecule has 0 spiro atoms. The van der Waals surface area contributed by atoms with Gasteiger partial charge in [0.15, 0.2) is 0 Å². The van der Waals surface area contributed by atoms with E-state index in [-0.39, 0.29) is 5.91 Å². The normalized spacial score (nSPS) is 19.1. The zero-order valence-corrected chi connectivity index (χ0v) is 13.9. The van der Waals surface area contributed by atoms with Crippen LogP contribution in [0.15, 0.2) is 30.6 Å². The number of ether oxygens (including phenoxy) is 2. The van der Waals surface area contributed by atoms with Gasteiger partial charge in [0.2, 0.25) is 5.91 Å². The number of anilines is 1. The first-order valence-electron chi connectivity index (χ1n) is 7.86. The molecule has 1 aromatic carbocycles. The first-order chi connectivity index (χ1) is 11.6. The third kappa shape index (κ3) is 2.88. The van der Waals surface area contributed by atoms with Crippen LogP contribution in [0.3, 0.4) is 0 Å². The predicted octanol–water partition coefficient (Wildman–Crippen LogP) is 1.28. The van der Waals surface area contributed by atoms with E-state index in [4.69, 9.17) is 15.2 Å². The van der Waals surface area contributed by atoms with Crippen molar-refractivity contribution in [1.29, 1.82) is 0 Å². The Bertz CT molecular complexity index is 743. The molecule has 1 heterocycles. The summed E-state index contributed by atoms with van der Waals surface area (Å²) in [5.41, 5.74) is 7.86. The van der Waals surface area contributed by atoms with Crippen molar-refractivity contribution in [2.24, 2.45) is 5.73 Å². The molecule has 1 atom stereocenters. The number of amides is 1. The van der Waals surface area contributed by atoms with Crippen LogP contribution in [0.5, 0.6) is 5.75 Å². The molecule has 0 saturated heterocycles. The van der Waals surface area contributed by atoms with E-state index >= 15 is 0 Å². The molecule has 0 fully saturated rings. The number of carbonyl (C=O) groups is 1. The van der Waals surface area contributed by atoms with Gasteiger partial charge in [0.05, 0.1) is 32.1 Å². The standard InChI is InChI=1S/C17H22N4O3/c1-23-9-8-21-11-12(10-19-21)20-16(22)17(18)7-6-13-14(17)4-3-5-15(13)24-2/h3-5,10-11H,6-9,18H2,1-2H3,(H,20,22). The van der Waals surface area contributed by atoms with Crippen molar-refractivity contribution in [2.75, 3.05) is 26.1 Å². The molecule has 0 radical (unpaired) electrons. The molecule has 7 nitrogen and oxygen atoms in total. The zero-order valence-electron chi connectivity index (χ0n) is 13.9. The summed E-state index contributed by atoms with van der Waals surface area (Å²) in [7, 11) is 3.26. The molecular formula is C17H22N4O3. The van der Waals surface area contributed by atoms with Crippen LogP contribution in [0.1, 0.15) is 17.5 Å². The van der Waals surface area contributed by atoms with E-state index in [1.807, 2.05) is 18.2 Å². The van der Waals surface area contributed by atoms with Crippen molar-refractivity contribution in [1.82, 2.24) is 9.78 Å². The monoisotopic (exact) mass is 330 g/mol. The summed E-state index contributed by atoms with van der Waals surface area (Å²) in [5, 5.41) is 7.06. The largest absolute Gasteiger partial charge is 0.496 e. The number of hydrogen-bond acceptors (Lipinski definition) is 5. The summed E-state index contributed by atoms with van der Waals surface area (Å²) in [5.74, 6) is 0.542. The molecule has 2 aromatic rings. The Hall–Kier alpha value is -2.38. The number of rotatable bonds is 6. The maximum atomic E-state index is 12.8. The van der Waals surface area contributed by atoms with E-state index in [1.54, 1.807) is 31.3 Å². The molecule has 0 saturated carbocycles. The number of carbonyl (C=O) groups excluding carboxylic acids is 1. The fourth-order valence-electron chi connectivity index (χ4n) is 3.10. The van der Waals surface area contributed by atoms with Crippen LogP contribution in [0.25, 0.3) is 0 Å². The van der Waals surface area contributed by atoms with Gasteiger partial charge in [-0.05, 0) is 30.0 Å². The van der Waals surface area contributed by atoms with Gasteiger partial charge in [-0.2, -0.15) is 5.10 Å². The second-order valence-electron chi connectivity index (χ2n) is 5.90. The minimum Gasteiger partial charge on any atom is -0.496 e. The van der Waals surface area contributed by atoms with Crippen LogP contribution in [0.4, 0.5) is 5.69 Å². The summed E-state index contributed by atoms with van der Waals surface area (Å²) in [4.78, 5) is 12.8. The van der Waals surface area contributed by atoms with E-state index in [0.717, 1.165) is 23.3 Å². The van der Waals surface area contributed by atoms with Crippen LogP contribution in [-0.2, 0) is 28.0 Å². The summed E-state index contributed by atoms with van der Waals surface area (Å²) in [6.07, 6.45) is 4.64. The number of nitrogens with zero attached hydrogens (tertiary/aromatic N) is 2. The highest BCUT2D eigenvalue weighted by molar-refractivity contribution is 5.99. The highest BCUT2D eigenvalue weighted by Gasteiger charge is 2.43. The van der Waals surface area contributed by atoms with Crippen molar-refractivity contribution < 1.29 is 14.3 Å². The van der Waals surface area contributed by atoms with E-state index in [9.17, 15) is 4.79 Å². The van der Waals surface area contributed by atoms with Gasteiger partial charge in [0, 0.05) is 13.3 Å². The van der Waals surface area contributed by atoms with Crippen molar-refractivity contribution >= 4 is 11.6 Å². The molecule has 1 aliphatic rings. The summed E-state index contributed by atoms with van der Waals surface area (Å²) >= 11 is 0. The summed E-state index contributed by atoms with van der Waals surface area (Å²) in [6, 6.07) is 5.65. The number of benzene rings is 1. The van der Waals surface area contributed by atoms with Gasteiger partial charge in [0.1, 0.15) is 11.3 Å². The second-order valence-corrected chi connectivity index (χ2v) is 5.90. The van der Waals surface area contributed by atoms with E-state index in [2.05, 4.69) is 10.4 Å². The number of nitrogens with two attached hydrogens (primary N) is 1. The lowest BCUT2D eigenvalue weighted by Gasteiger charge is -2.24. The van der Waals surface area contributed by atoms with Gasteiger partial charge in [0.25, 0.3) is 0 Å². The van der Waals surface area contributed by atoms with Gasteiger partial charge in [-0.1, -0.05) is 12.1 Å². The zero-order chi connectivity index (χ0) is 17.2. The average molecular weight is 330 g/mol. The quantitative estimate of drug-likeness (QED) is 0.832. The van der Waals surface area contributed by atoms with E-state index < -0.39 is 5.54 Å². The molecule has 1 aliphatic carbocycles. The molecule has 1 amide bonds. The number of aromatic nitrogens is 2. The van der Waals surface area contributed by atoms with Crippen LogP contribution >= 0.6 is 0 Å². The van der Waals surface area contributed by atoms with E-state index in [0.29, 0.717) is 25.3 Å². The van der Waals surface area contributed by atoms with Crippen molar-refractivity contribution in [2.45, 2.75) is 24.9 Å². The molecule has 3 rings (SSSR count). The van der Waals surface area contributed by atoms with E-state index in [1.165, 1.54) is 0 Å². The lowest BCUT2D eigenvalue weighted by molar-refractivity contribution is -0.121. The average Bonchev–Trinajstić information content (AvgIpc) is 3.18. The summed E-state index contributed by atoms with van der Waals surface area (Å²) in [6.45, 7) is 1.18. The van der Waals surface area contributed by atoms with Gasteiger partial charge >= 0.3 is 0 Å².